The van der Waals surface area contributed by atoms with Crippen LogP contribution in [0.5, 0.6) is 5.88 Å². The second-order valence-electron chi connectivity index (χ2n) is 8.12. The smallest absolute Gasteiger partial charge is 0.257 e. The summed E-state index contributed by atoms with van der Waals surface area (Å²) in [6.45, 7) is 6.70. The Balaban J connectivity index is 1.62. The van der Waals surface area contributed by atoms with E-state index in [9.17, 15) is 4.79 Å². The van der Waals surface area contributed by atoms with Crippen LogP contribution in [0.1, 0.15) is 40.3 Å². The summed E-state index contributed by atoms with van der Waals surface area (Å²) >= 11 is 18.4. The molecule has 3 heterocycles. The fourth-order valence-corrected chi connectivity index (χ4v) is 4.71. The van der Waals surface area contributed by atoms with Gasteiger partial charge in [0.1, 0.15) is 17.6 Å². The van der Waals surface area contributed by atoms with E-state index in [1.165, 1.54) is 0 Å². The number of likely N-dealkylation sites (tertiary alicyclic amines) is 1. The number of carbonyl (C=O) groups excluding carboxylic acids is 1. The van der Waals surface area contributed by atoms with Gasteiger partial charge in [-0.3, -0.25) is 4.79 Å². The van der Waals surface area contributed by atoms with Gasteiger partial charge in [0.25, 0.3) is 5.91 Å². The third-order valence-electron chi connectivity index (χ3n) is 5.91. The summed E-state index contributed by atoms with van der Waals surface area (Å²) < 4.78 is 11.7. The van der Waals surface area contributed by atoms with E-state index in [0.29, 0.717) is 51.1 Å². The normalized spacial score (nSPS) is 19.2. The monoisotopic (exact) mass is 492 g/mol. The van der Waals surface area contributed by atoms with Crippen molar-refractivity contribution in [2.24, 2.45) is 5.92 Å². The quantitative estimate of drug-likeness (QED) is 0.403. The molecule has 0 aliphatic carbocycles. The van der Waals surface area contributed by atoms with Gasteiger partial charge >= 0.3 is 0 Å². The number of aryl methyl sites for hydroxylation is 2. The van der Waals surface area contributed by atoms with Crippen LogP contribution in [0, 0.1) is 19.8 Å². The highest BCUT2D eigenvalue weighted by Crippen LogP contribution is 2.39. The first-order chi connectivity index (χ1) is 15.2. The van der Waals surface area contributed by atoms with E-state index >= 15 is 0 Å². The molecule has 3 atom stereocenters. The van der Waals surface area contributed by atoms with Gasteiger partial charge in [0.05, 0.1) is 20.6 Å². The van der Waals surface area contributed by atoms with Crippen molar-refractivity contribution in [2.45, 2.75) is 32.8 Å². The molecule has 4 rings (SSSR count). The molecule has 0 bridgehead atoms. The highest BCUT2D eigenvalue weighted by Gasteiger charge is 2.41. The fraction of sp³-hybridized carbons (Fsp3) is 0.333. The molecule has 1 saturated heterocycles. The number of pyridine rings is 1. The number of amides is 1. The number of hydrogen-bond donors (Lipinski definition) is 0. The van der Waals surface area contributed by atoms with Crippen LogP contribution in [0.25, 0.3) is 0 Å². The second kappa shape index (κ2) is 9.34. The van der Waals surface area contributed by atoms with Gasteiger partial charge in [0.15, 0.2) is 0 Å². The van der Waals surface area contributed by atoms with Crippen molar-refractivity contribution in [3.63, 3.8) is 0 Å². The van der Waals surface area contributed by atoms with Crippen LogP contribution in [0.2, 0.25) is 15.1 Å². The molecule has 1 aromatic carbocycles. The molecule has 0 radical (unpaired) electrons. The van der Waals surface area contributed by atoms with Crippen molar-refractivity contribution in [3.8, 4) is 5.88 Å². The molecular formula is C24H23Cl3N2O3. The predicted molar refractivity (Wildman–Crippen MR) is 126 cm³/mol. The highest BCUT2D eigenvalue weighted by molar-refractivity contribution is 6.42. The van der Waals surface area contributed by atoms with Gasteiger partial charge in [-0.15, -0.1) is 0 Å². The highest BCUT2D eigenvalue weighted by atomic mass is 35.5. The summed E-state index contributed by atoms with van der Waals surface area (Å²) in [5.41, 5.74) is 1.60. The van der Waals surface area contributed by atoms with Crippen molar-refractivity contribution in [1.82, 2.24) is 9.88 Å². The van der Waals surface area contributed by atoms with Crippen LogP contribution >= 0.6 is 34.8 Å². The molecule has 32 heavy (non-hydrogen) atoms. The molecule has 3 aromatic rings. The Labute approximate surface area is 202 Å². The van der Waals surface area contributed by atoms with E-state index in [-0.39, 0.29) is 23.8 Å². The standard InChI is InChI=1S/C24H23Cl3N2O3/c1-13-8-18(14(2)31-13)24(30)29-11-19(15(3)32-23-7-5-17(25)10-28-23)20(12-29)16-4-6-21(26)22(27)9-16/h4-10,15,19-20H,11-12H2,1-3H3. The number of carbonyl (C=O) groups is 1. The summed E-state index contributed by atoms with van der Waals surface area (Å²) in [6, 6.07) is 10.9. The van der Waals surface area contributed by atoms with Crippen molar-refractivity contribution in [1.29, 1.82) is 0 Å². The lowest BCUT2D eigenvalue weighted by Gasteiger charge is -2.25. The Bertz CT molecular complexity index is 1130. The van der Waals surface area contributed by atoms with E-state index in [1.807, 2.05) is 37.8 Å². The molecule has 1 fully saturated rings. The topological polar surface area (TPSA) is 55.6 Å². The maximum absolute atomic E-state index is 13.3. The Hall–Kier alpha value is -2.21. The molecule has 0 spiro atoms. The van der Waals surface area contributed by atoms with Gasteiger partial charge in [0, 0.05) is 37.2 Å². The number of aromatic nitrogens is 1. The molecule has 3 unspecified atom stereocenters. The van der Waals surface area contributed by atoms with Crippen LogP contribution in [0.3, 0.4) is 0 Å². The molecular weight excluding hydrogens is 471 g/mol. The molecule has 2 aromatic heterocycles. The number of hydrogen-bond acceptors (Lipinski definition) is 4. The Morgan fingerprint density at radius 3 is 2.53 bits per heavy atom. The number of nitrogens with zero attached hydrogens (tertiary/aromatic N) is 2. The van der Waals surface area contributed by atoms with Gasteiger partial charge in [-0.2, -0.15) is 0 Å². The minimum Gasteiger partial charge on any atom is -0.474 e. The van der Waals surface area contributed by atoms with Crippen molar-refractivity contribution in [2.75, 3.05) is 13.1 Å². The van der Waals surface area contributed by atoms with Crippen LogP contribution in [0.4, 0.5) is 0 Å². The first-order valence-corrected chi connectivity index (χ1v) is 11.5. The molecule has 1 amide bonds. The molecule has 1 aliphatic rings. The van der Waals surface area contributed by atoms with Gasteiger partial charge in [-0.25, -0.2) is 4.98 Å². The fourth-order valence-electron chi connectivity index (χ4n) is 4.29. The van der Waals surface area contributed by atoms with Gasteiger partial charge in [-0.1, -0.05) is 40.9 Å². The lowest BCUT2D eigenvalue weighted by atomic mass is 9.86. The molecule has 1 aliphatic heterocycles. The first-order valence-electron chi connectivity index (χ1n) is 10.3. The first kappa shape index (κ1) is 23.0. The predicted octanol–water partition coefficient (Wildman–Crippen LogP) is 6.57. The third-order valence-corrected chi connectivity index (χ3v) is 6.87. The average Bonchev–Trinajstić information content (AvgIpc) is 3.34. The van der Waals surface area contributed by atoms with Gasteiger partial charge < -0.3 is 14.1 Å². The maximum Gasteiger partial charge on any atom is 0.257 e. The Morgan fingerprint density at radius 2 is 1.91 bits per heavy atom. The molecule has 0 saturated carbocycles. The minimum absolute atomic E-state index is 0.0157. The maximum atomic E-state index is 13.3. The lowest BCUT2D eigenvalue weighted by Crippen LogP contribution is -2.32. The number of ether oxygens (including phenoxy) is 1. The second-order valence-corrected chi connectivity index (χ2v) is 9.37. The number of benzene rings is 1. The van der Waals surface area contributed by atoms with E-state index < -0.39 is 0 Å². The van der Waals surface area contributed by atoms with E-state index in [1.54, 1.807) is 30.5 Å². The third kappa shape index (κ3) is 4.75. The van der Waals surface area contributed by atoms with Crippen molar-refractivity contribution in [3.05, 3.63) is 80.3 Å². The number of furan rings is 1. The van der Waals surface area contributed by atoms with Crippen LogP contribution in [0.15, 0.2) is 47.0 Å². The molecule has 0 N–H and O–H groups in total. The van der Waals surface area contributed by atoms with Gasteiger partial charge in [-0.05, 0) is 50.6 Å². The summed E-state index contributed by atoms with van der Waals surface area (Å²) in [6.07, 6.45) is 1.34. The zero-order chi connectivity index (χ0) is 23.0. The Kier molecular flexibility index (Phi) is 6.70. The molecule has 5 nitrogen and oxygen atoms in total. The summed E-state index contributed by atoms with van der Waals surface area (Å²) in [4.78, 5) is 19.4. The van der Waals surface area contributed by atoms with Crippen molar-refractivity contribution >= 4 is 40.7 Å². The van der Waals surface area contributed by atoms with Gasteiger partial charge in [0.2, 0.25) is 5.88 Å². The largest absolute Gasteiger partial charge is 0.474 e. The minimum atomic E-state index is -0.215. The SMILES string of the molecule is Cc1cc(C(=O)N2CC(c3ccc(Cl)c(Cl)c3)C(C(C)Oc3ccc(Cl)cn3)C2)c(C)o1. The van der Waals surface area contributed by atoms with E-state index in [0.717, 1.165) is 5.56 Å². The van der Waals surface area contributed by atoms with Crippen molar-refractivity contribution < 1.29 is 13.9 Å². The van der Waals surface area contributed by atoms with Crippen LogP contribution in [-0.4, -0.2) is 35.0 Å². The molecule has 8 heteroatoms. The zero-order valence-corrected chi connectivity index (χ0v) is 20.2. The van der Waals surface area contributed by atoms with E-state index in [4.69, 9.17) is 44.0 Å². The molecule has 168 valence electrons. The summed E-state index contributed by atoms with van der Waals surface area (Å²) in [7, 11) is 0. The summed E-state index contributed by atoms with van der Waals surface area (Å²) in [5, 5.41) is 1.53. The Morgan fingerprint density at radius 1 is 1.12 bits per heavy atom. The summed E-state index contributed by atoms with van der Waals surface area (Å²) in [5.74, 6) is 1.81. The number of rotatable bonds is 5. The lowest BCUT2D eigenvalue weighted by molar-refractivity contribution is 0.0768. The van der Waals surface area contributed by atoms with Crippen LogP contribution in [-0.2, 0) is 0 Å². The zero-order valence-electron chi connectivity index (χ0n) is 17.9. The van der Waals surface area contributed by atoms with E-state index in [2.05, 4.69) is 4.98 Å². The average molecular weight is 494 g/mol. The van der Waals surface area contributed by atoms with Crippen LogP contribution < -0.4 is 4.74 Å². The number of halogens is 3.